The van der Waals surface area contributed by atoms with Gasteiger partial charge in [0.1, 0.15) is 6.07 Å². The van der Waals surface area contributed by atoms with Crippen LogP contribution in [0.2, 0.25) is 5.02 Å². The van der Waals surface area contributed by atoms with Crippen molar-refractivity contribution in [2.24, 2.45) is 0 Å². The molecule has 1 aromatic heterocycles. The molecule has 0 radical (unpaired) electrons. The number of carbonyl (C=O) groups excluding carboxylic acids is 1. The largest absolute Gasteiger partial charge is 0.344 e. The summed E-state index contributed by atoms with van der Waals surface area (Å²) < 4.78 is 1.66. The van der Waals surface area contributed by atoms with Crippen LogP contribution in [0.1, 0.15) is 42.4 Å². The Balaban J connectivity index is 0.000000196. The Morgan fingerprint density at radius 2 is 2.03 bits per heavy atom. The van der Waals surface area contributed by atoms with Crippen molar-refractivity contribution >= 4 is 28.9 Å². The molecule has 4 rings (SSSR count). The fourth-order valence-corrected chi connectivity index (χ4v) is 4.13. The number of nitrogens with one attached hydrogen (secondary N) is 1. The fourth-order valence-electron chi connectivity index (χ4n) is 3.88. The molecule has 0 atom stereocenters. The molecule has 0 bridgehead atoms. The van der Waals surface area contributed by atoms with Gasteiger partial charge < -0.3 is 10.2 Å². The number of aryl methyl sites for hydroxylation is 1. The quantitative estimate of drug-likeness (QED) is 0.580. The molecule has 33 heavy (non-hydrogen) atoms. The predicted octanol–water partition coefficient (Wildman–Crippen LogP) is 3.68. The highest BCUT2D eigenvalue weighted by Crippen LogP contribution is 2.26. The van der Waals surface area contributed by atoms with E-state index in [0.717, 1.165) is 48.8 Å². The van der Waals surface area contributed by atoms with Crippen LogP contribution in [0.3, 0.4) is 0 Å². The van der Waals surface area contributed by atoms with Gasteiger partial charge in [-0.2, -0.15) is 5.26 Å². The van der Waals surface area contributed by atoms with Gasteiger partial charge >= 0.3 is 0 Å². The molecular formula is C25H28ClN5O2. The van der Waals surface area contributed by atoms with E-state index in [1.807, 2.05) is 25.1 Å². The number of hydrogen-bond acceptors (Lipinski definition) is 5. The van der Waals surface area contributed by atoms with Gasteiger partial charge in [0.05, 0.1) is 27.8 Å². The monoisotopic (exact) mass is 465 g/mol. The first-order chi connectivity index (χ1) is 16.0. The second kappa shape index (κ2) is 11.6. The zero-order valence-corrected chi connectivity index (χ0v) is 19.7. The summed E-state index contributed by atoms with van der Waals surface area (Å²) in [6, 6.07) is 13.3. The maximum atomic E-state index is 12.3. The molecule has 0 saturated carbocycles. The van der Waals surface area contributed by atoms with Gasteiger partial charge in [-0.1, -0.05) is 23.7 Å². The van der Waals surface area contributed by atoms with Crippen LogP contribution in [0, 0.1) is 11.3 Å². The summed E-state index contributed by atoms with van der Waals surface area (Å²) in [4.78, 5) is 28.5. The van der Waals surface area contributed by atoms with Crippen molar-refractivity contribution in [3.63, 3.8) is 0 Å². The third-order valence-corrected chi connectivity index (χ3v) is 6.08. The lowest BCUT2D eigenvalue weighted by molar-refractivity contribution is -0.117. The molecule has 0 spiro atoms. The minimum atomic E-state index is 0.0725. The molecule has 1 saturated heterocycles. The van der Waals surface area contributed by atoms with Crippen LogP contribution in [0.5, 0.6) is 0 Å². The van der Waals surface area contributed by atoms with Crippen LogP contribution in [0.15, 0.2) is 47.5 Å². The number of halogens is 1. The normalized spacial score (nSPS) is 13.6. The Morgan fingerprint density at radius 3 is 2.67 bits per heavy atom. The third kappa shape index (κ3) is 6.19. The van der Waals surface area contributed by atoms with Crippen molar-refractivity contribution in [3.8, 4) is 6.07 Å². The lowest BCUT2D eigenvalue weighted by atomic mass is 9.89. The molecule has 2 aromatic carbocycles. The third-order valence-electron chi connectivity index (χ3n) is 5.77. The summed E-state index contributed by atoms with van der Waals surface area (Å²) in [6.07, 6.45) is 4.67. The molecule has 1 N–H and O–H groups in total. The van der Waals surface area contributed by atoms with Gasteiger partial charge in [0.25, 0.3) is 5.56 Å². The summed E-state index contributed by atoms with van der Waals surface area (Å²) in [5, 5.41) is 13.2. The van der Waals surface area contributed by atoms with Gasteiger partial charge in [-0.3, -0.25) is 14.2 Å². The molecule has 0 unspecified atom stereocenters. The maximum absolute atomic E-state index is 12.3. The Morgan fingerprint density at radius 1 is 1.27 bits per heavy atom. The Hall–Kier alpha value is -3.21. The van der Waals surface area contributed by atoms with Gasteiger partial charge in [0.15, 0.2) is 0 Å². The van der Waals surface area contributed by atoms with Crippen molar-refractivity contribution in [2.45, 2.75) is 38.8 Å². The van der Waals surface area contributed by atoms with Gasteiger partial charge in [-0.25, -0.2) is 4.98 Å². The molecule has 1 aliphatic heterocycles. The average molecular weight is 466 g/mol. The van der Waals surface area contributed by atoms with Gasteiger partial charge in [0, 0.05) is 20.1 Å². The van der Waals surface area contributed by atoms with Crippen molar-refractivity contribution in [2.75, 3.05) is 20.1 Å². The molecule has 2 heterocycles. The Labute approximate surface area is 198 Å². The number of aromatic nitrogens is 2. The SMILES string of the molecule is CCn1cnc2ccc(C3CCNCC3)cc2c1=O.CN(C=O)Cc1ccc(C#N)c(Cl)c1. The highest BCUT2D eigenvalue weighted by Gasteiger charge is 2.16. The van der Waals surface area contributed by atoms with Gasteiger partial charge in [-0.15, -0.1) is 0 Å². The minimum Gasteiger partial charge on any atom is -0.344 e. The van der Waals surface area contributed by atoms with Crippen LogP contribution in [-0.4, -0.2) is 41.0 Å². The number of nitrogens with zero attached hydrogens (tertiary/aromatic N) is 4. The Kier molecular flexibility index (Phi) is 8.58. The van der Waals surface area contributed by atoms with Crippen molar-refractivity contribution < 1.29 is 4.79 Å². The number of carbonyl (C=O) groups is 1. The van der Waals surface area contributed by atoms with E-state index >= 15 is 0 Å². The lowest BCUT2D eigenvalue weighted by Gasteiger charge is -2.23. The molecule has 172 valence electrons. The van der Waals surface area contributed by atoms with E-state index < -0.39 is 0 Å². The van der Waals surface area contributed by atoms with Gasteiger partial charge in [0.2, 0.25) is 6.41 Å². The number of rotatable bonds is 5. The predicted molar refractivity (Wildman–Crippen MR) is 130 cm³/mol. The first-order valence-electron chi connectivity index (χ1n) is 11.0. The second-order valence-corrected chi connectivity index (χ2v) is 8.49. The number of fused-ring (bicyclic) bond motifs is 1. The molecule has 8 heteroatoms. The van der Waals surface area contributed by atoms with E-state index in [1.165, 1.54) is 10.5 Å². The molecular weight excluding hydrogens is 438 g/mol. The summed E-state index contributed by atoms with van der Waals surface area (Å²) in [5.74, 6) is 0.570. The molecule has 7 nitrogen and oxygen atoms in total. The average Bonchev–Trinajstić information content (AvgIpc) is 2.85. The lowest BCUT2D eigenvalue weighted by Crippen LogP contribution is -2.26. The molecule has 1 fully saturated rings. The molecule has 1 aliphatic rings. The van der Waals surface area contributed by atoms with Crippen LogP contribution < -0.4 is 10.9 Å². The number of piperidine rings is 1. The minimum absolute atomic E-state index is 0.0725. The topological polar surface area (TPSA) is 91.0 Å². The summed E-state index contributed by atoms with van der Waals surface area (Å²) >= 11 is 5.83. The highest BCUT2D eigenvalue weighted by atomic mass is 35.5. The van der Waals surface area contributed by atoms with E-state index in [9.17, 15) is 9.59 Å². The second-order valence-electron chi connectivity index (χ2n) is 8.08. The van der Waals surface area contributed by atoms with E-state index in [4.69, 9.17) is 16.9 Å². The standard InChI is InChI=1S/C15H19N3O.C10H9ClN2O/c1-2-18-10-17-14-4-3-12(9-13(14)15(18)19)11-5-7-16-8-6-11;1-13(7-14)6-8-2-3-9(5-12)10(11)4-8/h3-4,9-11,16H,2,5-8H2,1H3;2-4,7H,6H2,1H3. The van der Waals surface area contributed by atoms with Crippen LogP contribution in [0.4, 0.5) is 0 Å². The van der Waals surface area contributed by atoms with E-state index in [2.05, 4.69) is 16.4 Å². The molecule has 0 aliphatic carbocycles. The van der Waals surface area contributed by atoms with Crippen molar-refractivity contribution in [1.29, 1.82) is 5.26 Å². The smallest absolute Gasteiger partial charge is 0.261 e. The van der Waals surface area contributed by atoms with E-state index in [1.54, 1.807) is 36.1 Å². The molecule has 1 amide bonds. The summed E-state index contributed by atoms with van der Waals surface area (Å²) in [7, 11) is 1.68. The van der Waals surface area contributed by atoms with Crippen LogP contribution in [0.25, 0.3) is 10.9 Å². The maximum Gasteiger partial charge on any atom is 0.261 e. The number of amides is 1. The van der Waals surface area contributed by atoms with Crippen molar-refractivity contribution in [3.05, 3.63) is 74.8 Å². The summed E-state index contributed by atoms with van der Waals surface area (Å²) in [5.41, 5.74) is 3.50. The number of nitriles is 1. The van der Waals surface area contributed by atoms with Gasteiger partial charge in [-0.05, 0) is 74.2 Å². The Bertz CT molecular complexity index is 1210. The van der Waals surface area contributed by atoms with Crippen LogP contribution in [-0.2, 0) is 17.9 Å². The first kappa shape index (κ1) is 24.4. The zero-order valence-electron chi connectivity index (χ0n) is 18.9. The van der Waals surface area contributed by atoms with E-state index in [0.29, 0.717) is 29.6 Å². The summed E-state index contributed by atoms with van der Waals surface area (Å²) in [6.45, 7) is 5.25. The van der Waals surface area contributed by atoms with E-state index in [-0.39, 0.29) is 5.56 Å². The fraction of sp³-hybridized carbons (Fsp3) is 0.360. The highest BCUT2D eigenvalue weighted by molar-refractivity contribution is 6.31. The zero-order chi connectivity index (χ0) is 23.8. The van der Waals surface area contributed by atoms with Crippen molar-refractivity contribution in [1.82, 2.24) is 19.8 Å². The van der Waals surface area contributed by atoms with Crippen LogP contribution >= 0.6 is 11.6 Å². The number of hydrogen-bond donors (Lipinski definition) is 1. The number of benzene rings is 2. The first-order valence-corrected chi connectivity index (χ1v) is 11.4. The molecule has 3 aromatic rings.